The molecule has 0 heterocycles. The summed E-state index contributed by atoms with van der Waals surface area (Å²) in [5.74, 6) is -0.749. The number of ketones is 1. The maximum absolute atomic E-state index is 11.7. The van der Waals surface area contributed by atoms with Gasteiger partial charge in [-0.25, -0.2) is 0 Å². The third kappa shape index (κ3) is 11.5. The number of rotatable bonds is 8. The van der Waals surface area contributed by atoms with Gasteiger partial charge in [0.2, 0.25) is 0 Å². The van der Waals surface area contributed by atoms with E-state index in [1.807, 2.05) is 62.9 Å². The molecule has 1 unspecified atom stereocenters. The van der Waals surface area contributed by atoms with E-state index in [0.29, 0.717) is 6.54 Å². The number of hydrogen-bond acceptors (Lipinski definition) is 3. The number of carboxylic acid groups (broad SMARTS) is 1. The largest absolute Gasteiger partial charge is 0.481 e. The molecule has 0 bridgehead atoms. The first-order chi connectivity index (χ1) is 11.0. The van der Waals surface area contributed by atoms with Crippen molar-refractivity contribution in [3.05, 3.63) is 35.9 Å². The molecule has 0 radical (unpaired) electrons. The van der Waals surface area contributed by atoms with Crippen molar-refractivity contribution >= 4 is 11.8 Å². The van der Waals surface area contributed by atoms with E-state index in [-0.39, 0.29) is 18.2 Å². The summed E-state index contributed by atoms with van der Waals surface area (Å²) in [7, 11) is 1.81. The van der Waals surface area contributed by atoms with Crippen molar-refractivity contribution < 1.29 is 14.7 Å². The minimum atomic E-state index is -0.836. The first kappa shape index (κ1) is 23.6. The number of carbonyl (C=O) groups is 2. The lowest BCUT2D eigenvalue weighted by Crippen LogP contribution is -2.38. The van der Waals surface area contributed by atoms with Crippen molar-refractivity contribution in [3.8, 4) is 0 Å². The van der Waals surface area contributed by atoms with Gasteiger partial charge in [0, 0.05) is 6.54 Å². The molecule has 1 rings (SSSR count). The second kappa shape index (κ2) is 15.2. The Kier molecular flexibility index (Phi) is 15.6. The quantitative estimate of drug-likeness (QED) is 0.784. The first-order valence-electron chi connectivity index (χ1n) is 8.47. The van der Waals surface area contributed by atoms with Crippen LogP contribution in [0.4, 0.5) is 0 Å². The smallest absolute Gasteiger partial charge is 0.304 e. The van der Waals surface area contributed by atoms with E-state index < -0.39 is 5.97 Å². The van der Waals surface area contributed by atoms with E-state index in [1.165, 1.54) is 5.56 Å². The summed E-state index contributed by atoms with van der Waals surface area (Å²) >= 11 is 0. The van der Waals surface area contributed by atoms with Crippen molar-refractivity contribution in [3.63, 3.8) is 0 Å². The Bertz CT molecular complexity index is 418. The molecule has 0 aliphatic carbocycles. The number of aliphatic carboxylic acids is 1. The molecule has 0 aliphatic heterocycles. The van der Waals surface area contributed by atoms with E-state index in [0.717, 1.165) is 12.8 Å². The van der Waals surface area contributed by atoms with Gasteiger partial charge in [-0.15, -0.1) is 0 Å². The average Bonchev–Trinajstić information content (AvgIpc) is 2.57. The van der Waals surface area contributed by atoms with E-state index in [4.69, 9.17) is 5.11 Å². The number of nitrogens with zero attached hydrogens (tertiary/aromatic N) is 1. The van der Waals surface area contributed by atoms with E-state index >= 15 is 0 Å². The van der Waals surface area contributed by atoms with Crippen molar-refractivity contribution in [1.82, 2.24) is 4.90 Å². The fraction of sp³-hybridized carbons (Fsp3) is 0.579. The Labute approximate surface area is 141 Å². The van der Waals surface area contributed by atoms with Gasteiger partial charge < -0.3 is 5.11 Å². The Morgan fingerprint density at radius 3 is 2.04 bits per heavy atom. The van der Waals surface area contributed by atoms with Crippen LogP contribution in [0.2, 0.25) is 0 Å². The van der Waals surface area contributed by atoms with Gasteiger partial charge in [-0.1, -0.05) is 58.0 Å². The highest BCUT2D eigenvalue weighted by molar-refractivity contribution is 5.81. The Morgan fingerprint density at radius 1 is 1.09 bits per heavy atom. The molecule has 1 aromatic rings. The molecule has 0 saturated carbocycles. The van der Waals surface area contributed by atoms with Gasteiger partial charge in [0.05, 0.1) is 12.5 Å². The lowest BCUT2D eigenvalue weighted by atomic mass is 10.0. The fourth-order valence-corrected chi connectivity index (χ4v) is 2.11. The lowest BCUT2D eigenvalue weighted by molar-refractivity contribution is -0.138. The minimum Gasteiger partial charge on any atom is -0.481 e. The molecule has 1 aromatic carbocycles. The zero-order valence-electron chi connectivity index (χ0n) is 15.5. The Morgan fingerprint density at radius 2 is 1.61 bits per heavy atom. The van der Waals surface area contributed by atoms with Gasteiger partial charge in [-0.05, 0) is 32.4 Å². The van der Waals surface area contributed by atoms with Crippen molar-refractivity contribution in [2.75, 3.05) is 13.6 Å². The van der Waals surface area contributed by atoms with E-state index in [2.05, 4.69) is 0 Å². The average molecular weight is 323 g/mol. The summed E-state index contributed by atoms with van der Waals surface area (Å²) in [5, 5.41) is 8.68. The molecule has 0 aromatic heterocycles. The third-order valence-electron chi connectivity index (χ3n) is 3.23. The highest BCUT2D eigenvalue weighted by Crippen LogP contribution is 2.10. The molecule has 1 N–H and O–H groups in total. The van der Waals surface area contributed by atoms with Crippen molar-refractivity contribution in [2.24, 2.45) is 0 Å². The van der Waals surface area contributed by atoms with Crippen LogP contribution in [0.15, 0.2) is 30.3 Å². The van der Waals surface area contributed by atoms with Crippen LogP contribution in [0.25, 0.3) is 0 Å². The molecular weight excluding hydrogens is 290 g/mol. The van der Waals surface area contributed by atoms with Gasteiger partial charge >= 0.3 is 5.97 Å². The number of hydrogen-bond donors (Lipinski definition) is 1. The standard InChI is InChI=1S/C15H21NO3.2C2H6/c1-12(17)14(16(2)11-10-15(18)19)9-8-13-6-4-3-5-7-13;2*1-2/h3-7,14H,8-11H2,1-2H3,(H,18,19);2*1-2H3. The van der Waals surface area contributed by atoms with Gasteiger partial charge in [0.1, 0.15) is 5.78 Å². The van der Waals surface area contributed by atoms with Gasteiger partial charge in [0.15, 0.2) is 0 Å². The monoisotopic (exact) mass is 323 g/mol. The Hall–Kier alpha value is -1.68. The van der Waals surface area contributed by atoms with Crippen LogP contribution in [0, 0.1) is 0 Å². The molecule has 132 valence electrons. The molecule has 0 aliphatic rings. The molecule has 0 fully saturated rings. The zero-order valence-corrected chi connectivity index (χ0v) is 15.5. The normalized spacial score (nSPS) is 10.7. The second-order valence-electron chi connectivity index (χ2n) is 4.78. The molecule has 0 spiro atoms. The SMILES string of the molecule is CC.CC.CC(=O)C(CCc1ccccc1)N(C)CCC(=O)O. The lowest BCUT2D eigenvalue weighted by Gasteiger charge is -2.25. The summed E-state index contributed by atoms with van der Waals surface area (Å²) in [4.78, 5) is 24.1. The summed E-state index contributed by atoms with van der Waals surface area (Å²) in [6.45, 7) is 9.96. The number of likely N-dealkylation sites (N-methyl/N-ethyl adjacent to an activating group) is 1. The second-order valence-corrected chi connectivity index (χ2v) is 4.78. The topological polar surface area (TPSA) is 57.6 Å². The number of aryl methyl sites for hydroxylation is 1. The van der Waals surface area contributed by atoms with Crippen LogP contribution in [-0.4, -0.2) is 41.4 Å². The highest BCUT2D eigenvalue weighted by Gasteiger charge is 2.19. The summed E-state index contributed by atoms with van der Waals surface area (Å²) in [6, 6.07) is 9.78. The fourth-order valence-electron chi connectivity index (χ4n) is 2.11. The third-order valence-corrected chi connectivity index (χ3v) is 3.23. The Balaban J connectivity index is 0. The van der Waals surface area contributed by atoms with Crippen LogP contribution >= 0.6 is 0 Å². The molecule has 1 atom stereocenters. The van der Waals surface area contributed by atoms with Crippen LogP contribution < -0.4 is 0 Å². The minimum absolute atomic E-state index is 0.0611. The molecule has 0 saturated heterocycles. The molecule has 4 nitrogen and oxygen atoms in total. The maximum Gasteiger partial charge on any atom is 0.304 e. The van der Waals surface area contributed by atoms with Crippen LogP contribution in [0.1, 0.15) is 53.0 Å². The maximum atomic E-state index is 11.7. The molecule has 4 heteroatoms. The van der Waals surface area contributed by atoms with E-state index in [1.54, 1.807) is 14.0 Å². The highest BCUT2D eigenvalue weighted by atomic mass is 16.4. The van der Waals surface area contributed by atoms with Crippen molar-refractivity contribution in [1.29, 1.82) is 0 Å². The summed E-state index contributed by atoms with van der Waals surface area (Å²) in [5.41, 5.74) is 1.19. The van der Waals surface area contributed by atoms with Gasteiger partial charge in [-0.3, -0.25) is 14.5 Å². The van der Waals surface area contributed by atoms with Crippen LogP contribution in [0.5, 0.6) is 0 Å². The van der Waals surface area contributed by atoms with Crippen LogP contribution in [0.3, 0.4) is 0 Å². The molecule has 0 amide bonds. The van der Waals surface area contributed by atoms with E-state index in [9.17, 15) is 9.59 Å². The number of carboxylic acids is 1. The summed E-state index contributed by atoms with van der Waals surface area (Å²) in [6.07, 6.45) is 1.60. The number of carbonyl (C=O) groups excluding carboxylic acids is 1. The molecular formula is C19H33NO3. The zero-order chi connectivity index (χ0) is 18.3. The summed E-state index contributed by atoms with van der Waals surface area (Å²) < 4.78 is 0. The number of Topliss-reactive ketones (excluding diaryl/α,β-unsaturated/α-hetero) is 1. The molecule has 23 heavy (non-hydrogen) atoms. The van der Waals surface area contributed by atoms with Crippen LogP contribution in [-0.2, 0) is 16.0 Å². The van der Waals surface area contributed by atoms with Crippen molar-refractivity contribution in [2.45, 2.75) is 59.9 Å². The predicted octanol–water partition coefficient (Wildman–Crippen LogP) is 4.04. The van der Waals surface area contributed by atoms with Gasteiger partial charge in [-0.2, -0.15) is 0 Å². The van der Waals surface area contributed by atoms with Gasteiger partial charge in [0.25, 0.3) is 0 Å². The predicted molar refractivity (Wildman–Crippen MR) is 96.8 cm³/mol. The number of benzene rings is 1. The first-order valence-corrected chi connectivity index (χ1v) is 8.47.